The number of methoxy groups -OCH3 is 1. The molecule has 2 aliphatic rings. The van der Waals surface area contributed by atoms with Gasteiger partial charge in [-0.3, -0.25) is 4.79 Å². The number of nitrogens with one attached hydrogen (secondary N) is 1. The smallest absolute Gasteiger partial charge is 0.257 e. The van der Waals surface area contributed by atoms with Crippen LogP contribution in [-0.2, 0) is 10.0 Å². The van der Waals surface area contributed by atoms with E-state index in [1.165, 1.54) is 25.7 Å². The van der Waals surface area contributed by atoms with Crippen molar-refractivity contribution < 1.29 is 17.9 Å². The molecule has 174 valence electrons. The second-order valence-electron chi connectivity index (χ2n) is 9.17. The Morgan fingerprint density at radius 2 is 1.81 bits per heavy atom. The van der Waals surface area contributed by atoms with E-state index in [1.54, 1.807) is 11.0 Å². The Morgan fingerprint density at radius 3 is 2.45 bits per heavy atom. The van der Waals surface area contributed by atoms with E-state index >= 15 is 0 Å². The van der Waals surface area contributed by atoms with Crippen molar-refractivity contribution in [3.63, 3.8) is 0 Å². The summed E-state index contributed by atoms with van der Waals surface area (Å²) in [5.41, 5.74) is 0.309. The van der Waals surface area contributed by atoms with Gasteiger partial charge < -0.3 is 14.5 Å². The maximum Gasteiger partial charge on any atom is 0.257 e. The normalized spacial score (nSPS) is 23.0. The van der Waals surface area contributed by atoms with Crippen LogP contribution in [0, 0.1) is 11.8 Å². The molecule has 2 atom stereocenters. The second-order valence-corrected chi connectivity index (χ2v) is 10.9. The summed E-state index contributed by atoms with van der Waals surface area (Å²) in [5, 5.41) is 0. The van der Waals surface area contributed by atoms with Crippen molar-refractivity contribution in [2.24, 2.45) is 11.8 Å². The number of benzene rings is 1. The minimum atomic E-state index is -3.69. The number of amides is 1. The van der Waals surface area contributed by atoms with Crippen LogP contribution in [0.25, 0.3) is 0 Å². The first kappa shape index (κ1) is 24.0. The number of rotatable bonds is 8. The van der Waals surface area contributed by atoms with Crippen LogP contribution in [0.2, 0.25) is 0 Å². The molecular formula is C23H37N3O4S. The summed E-state index contributed by atoms with van der Waals surface area (Å²) in [4.78, 5) is 17.3. The van der Waals surface area contributed by atoms with Gasteiger partial charge in [0.1, 0.15) is 5.75 Å². The van der Waals surface area contributed by atoms with Crippen LogP contribution in [-0.4, -0.2) is 70.5 Å². The molecule has 0 unspecified atom stereocenters. The van der Waals surface area contributed by atoms with Gasteiger partial charge in [-0.15, -0.1) is 0 Å². The van der Waals surface area contributed by atoms with Crippen LogP contribution < -0.4 is 9.46 Å². The molecule has 8 heteroatoms. The molecule has 2 fully saturated rings. The number of nitrogens with zero attached hydrogens (tertiary/aromatic N) is 2. The van der Waals surface area contributed by atoms with E-state index in [0.29, 0.717) is 42.8 Å². The van der Waals surface area contributed by atoms with Crippen LogP contribution in [0.5, 0.6) is 5.75 Å². The monoisotopic (exact) mass is 451 g/mol. The van der Waals surface area contributed by atoms with Gasteiger partial charge in [-0.2, -0.15) is 0 Å². The van der Waals surface area contributed by atoms with Gasteiger partial charge in [0.15, 0.2) is 0 Å². The van der Waals surface area contributed by atoms with E-state index in [-0.39, 0.29) is 10.8 Å². The molecule has 0 aliphatic carbocycles. The van der Waals surface area contributed by atoms with Gasteiger partial charge in [0.2, 0.25) is 10.0 Å². The summed E-state index contributed by atoms with van der Waals surface area (Å²) < 4.78 is 33.7. The van der Waals surface area contributed by atoms with E-state index in [1.807, 2.05) is 0 Å². The molecule has 0 radical (unpaired) electrons. The number of piperidine rings is 2. The van der Waals surface area contributed by atoms with Gasteiger partial charge >= 0.3 is 0 Å². The third kappa shape index (κ3) is 6.43. The van der Waals surface area contributed by atoms with Crippen molar-refractivity contribution in [1.29, 1.82) is 0 Å². The van der Waals surface area contributed by atoms with Crippen molar-refractivity contribution in [3.8, 4) is 5.75 Å². The minimum Gasteiger partial charge on any atom is -0.496 e. The third-order valence-corrected chi connectivity index (χ3v) is 7.70. The Morgan fingerprint density at radius 1 is 1.13 bits per heavy atom. The van der Waals surface area contributed by atoms with E-state index in [2.05, 4.69) is 23.5 Å². The molecule has 0 aromatic heterocycles. The Hall–Kier alpha value is -1.64. The molecule has 2 saturated heterocycles. The van der Waals surface area contributed by atoms with Gasteiger partial charge in [0.05, 0.1) is 17.6 Å². The van der Waals surface area contributed by atoms with Crippen LogP contribution in [0.4, 0.5) is 0 Å². The summed E-state index contributed by atoms with van der Waals surface area (Å²) in [7, 11) is -2.19. The fourth-order valence-corrected chi connectivity index (χ4v) is 5.96. The summed E-state index contributed by atoms with van der Waals surface area (Å²) in [6.07, 6.45) is 5.09. The van der Waals surface area contributed by atoms with Crippen LogP contribution >= 0.6 is 0 Å². The Balaban J connectivity index is 1.61. The molecule has 3 rings (SSSR count). The highest BCUT2D eigenvalue weighted by atomic mass is 32.2. The fraction of sp³-hybridized carbons (Fsp3) is 0.696. The highest BCUT2D eigenvalue weighted by Crippen LogP contribution is 2.25. The van der Waals surface area contributed by atoms with Crippen LogP contribution in [0.1, 0.15) is 56.3 Å². The number of hydrogen-bond acceptors (Lipinski definition) is 5. The molecule has 0 bridgehead atoms. The van der Waals surface area contributed by atoms with Gasteiger partial charge in [0, 0.05) is 32.7 Å². The zero-order valence-electron chi connectivity index (χ0n) is 19.1. The fourth-order valence-electron chi connectivity index (χ4n) is 4.86. The van der Waals surface area contributed by atoms with Crippen LogP contribution in [0.15, 0.2) is 23.1 Å². The third-order valence-electron chi connectivity index (χ3n) is 6.24. The summed E-state index contributed by atoms with van der Waals surface area (Å²) in [6, 6.07) is 4.52. The maximum atomic E-state index is 13.0. The lowest BCUT2D eigenvalue weighted by Crippen LogP contribution is -2.40. The molecule has 2 heterocycles. The summed E-state index contributed by atoms with van der Waals surface area (Å²) in [5.74, 6) is 1.62. The quantitative estimate of drug-likeness (QED) is 0.615. The number of hydrogen-bond donors (Lipinski definition) is 1. The Kier molecular flexibility index (Phi) is 8.36. The molecular weight excluding hydrogens is 414 g/mol. The molecule has 0 spiro atoms. The number of sulfonamides is 1. The van der Waals surface area contributed by atoms with E-state index in [0.717, 1.165) is 45.3 Å². The minimum absolute atomic E-state index is 0.105. The molecule has 2 aliphatic heterocycles. The molecule has 1 amide bonds. The lowest BCUT2D eigenvalue weighted by molar-refractivity contribution is 0.0720. The Bertz CT molecular complexity index is 842. The molecule has 31 heavy (non-hydrogen) atoms. The number of carbonyl (C=O) groups is 1. The highest BCUT2D eigenvalue weighted by Gasteiger charge is 2.25. The molecule has 1 N–H and O–H groups in total. The van der Waals surface area contributed by atoms with E-state index in [9.17, 15) is 13.2 Å². The first-order chi connectivity index (χ1) is 14.8. The highest BCUT2D eigenvalue weighted by molar-refractivity contribution is 7.89. The number of ether oxygens (including phenoxy) is 1. The predicted octanol–water partition coefficient (Wildman–Crippen LogP) is 2.97. The number of carbonyl (C=O) groups excluding carboxylic acids is 1. The molecule has 0 saturated carbocycles. The van der Waals surface area contributed by atoms with Crippen molar-refractivity contribution >= 4 is 15.9 Å². The van der Waals surface area contributed by atoms with E-state index in [4.69, 9.17) is 4.74 Å². The lowest BCUT2D eigenvalue weighted by Gasteiger charge is -2.34. The van der Waals surface area contributed by atoms with Crippen LogP contribution in [0.3, 0.4) is 0 Å². The average Bonchev–Trinajstić information content (AvgIpc) is 2.75. The first-order valence-corrected chi connectivity index (χ1v) is 13.0. The topological polar surface area (TPSA) is 79.0 Å². The zero-order chi connectivity index (χ0) is 22.4. The molecule has 1 aromatic carbocycles. The standard InChI is InChI=1S/C23H37N3O4S/c1-18-14-19(2)17-25(16-18)11-7-10-24-31(28,29)20-8-9-22(30-3)21(15-20)23(27)26-12-5-4-6-13-26/h8-9,15,18-19,24H,4-7,10-14,16-17H2,1-3H3/t18-,19+. The lowest BCUT2D eigenvalue weighted by atomic mass is 9.92. The van der Waals surface area contributed by atoms with Crippen molar-refractivity contribution in [1.82, 2.24) is 14.5 Å². The zero-order valence-corrected chi connectivity index (χ0v) is 19.9. The predicted molar refractivity (Wildman–Crippen MR) is 122 cm³/mol. The average molecular weight is 452 g/mol. The first-order valence-electron chi connectivity index (χ1n) is 11.5. The van der Waals surface area contributed by atoms with Gasteiger partial charge in [0.25, 0.3) is 5.91 Å². The summed E-state index contributed by atoms with van der Waals surface area (Å²) >= 11 is 0. The largest absolute Gasteiger partial charge is 0.496 e. The van der Waals surface area contributed by atoms with Gasteiger partial charge in [-0.25, -0.2) is 13.1 Å². The van der Waals surface area contributed by atoms with Crippen molar-refractivity contribution in [3.05, 3.63) is 23.8 Å². The van der Waals surface area contributed by atoms with Gasteiger partial charge in [-0.1, -0.05) is 13.8 Å². The van der Waals surface area contributed by atoms with Gasteiger partial charge in [-0.05, 0) is 68.7 Å². The maximum absolute atomic E-state index is 13.0. The second kappa shape index (κ2) is 10.8. The molecule has 7 nitrogen and oxygen atoms in total. The van der Waals surface area contributed by atoms with Crippen molar-refractivity contribution in [2.45, 2.75) is 50.8 Å². The van der Waals surface area contributed by atoms with E-state index < -0.39 is 10.0 Å². The number of likely N-dealkylation sites (tertiary alicyclic amines) is 2. The SMILES string of the molecule is COc1ccc(S(=O)(=O)NCCCN2C[C@H](C)C[C@H](C)C2)cc1C(=O)N1CCCCC1. The Labute approximate surface area is 187 Å². The summed E-state index contributed by atoms with van der Waals surface area (Å²) in [6.45, 7) is 9.38. The molecule has 1 aromatic rings. The van der Waals surface area contributed by atoms with Crippen molar-refractivity contribution in [2.75, 3.05) is 46.4 Å².